The first-order valence-electron chi connectivity index (χ1n) is 2.39. The Labute approximate surface area is 74.0 Å². The molecule has 3 heteroatoms. The van der Waals surface area contributed by atoms with Gasteiger partial charge in [0.1, 0.15) is 0 Å². The van der Waals surface area contributed by atoms with E-state index in [-0.39, 0.29) is 24.4 Å². The van der Waals surface area contributed by atoms with Gasteiger partial charge in [0.05, 0.1) is 0 Å². The van der Waals surface area contributed by atoms with Gasteiger partial charge in [0.25, 0.3) is 0 Å². The van der Waals surface area contributed by atoms with Gasteiger partial charge in [-0.15, -0.1) is 0 Å². The number of halogens is 1. The molecule has 0 bridgehead atoms. The minimum absolute atomic E-state index is 0.1000. The third-order valence-electron chi connectivity index (χ3n) is 0.733. The molecule has 1 rings (SSSR count). The van der Waals surface area contributed by atoms with Gasteiger partial charge in [0.15, 0.2) is 0 Å². The maximum atomic E-state index is 8.42. The summed E-state index contributed by atoms with van der Waals surface area (Å²) in [5.41, 5.74) is 0. The van der Waals surface area contributed by atoms with Gasteiger partial charge in [-0.2, -0.15) is 0 Å². The predicted molar refractivity (Wildman–Crippen MR) is 39.3 cm³/mol. The Balaban J connectivity index is 0.000000291. The van der Waals surface area contributed by atoms with Gasteiger partial charge < -0.3 is 0 Å². The molecule has 0 heterocycles. The molecule has 0 unspecified atom stereocenters. The van der Waals surface area contributed by atoms with Crippen molar-refractivity contribution in [3.05, 3.63) is 35.4 Å². The second-order valence-electron chi connectivity index (χ2n) is 1.30. The van der Waals surface area contributed by atoms with Crippen LogP contribution in [0.2, 0.25) is 5.02 Å². The monoisotopic (exact) mass is 244 g/mol. The van der Waals surface area contributed by atoms with Crippen molar-refractivity contribution < 1.29 is 2.85 Å². The van der Waals surface area contributed by atoms with Crippen LogP contribution in [0.25, 0.3) is 0 Å². The zero-order valence-corrected chi connectivity index (χ0v) is 9.67. The minimum atomic E-state index is -0.1000. The Hall–Kier alpha value is 0.180. The van der Waals surface area contributed by atoms with Gasteiger partial charge >= 0.3 is 27.2 Å². The van der Waals surface area contributed by atoms with E-state index in [0.717, 1.165) is 5.02 Å². The van der Waals surface area contributed by atoms with Crippen LogP contribution in [0, 0.1) is 0 Å². The Morgan fingerprint density at radius 1 is 1.11 bits per heavy atom. The molecule has 0 aliphatic rings. The number of hydrogen-bond donors (Lipinski definition) is 0. The van der Waals surface area contributed by atoms with Gasteiger partial charge in [-0.25, -0.2) is 0 Å². The van der Waals surface area contributed by atoms with Crippen LogP contribution in [0.5, 0.6) is 0 Å². The topological polar surface area (TPSA) is 17.1 Å². The van der Waals surface area contributed by atoms with Gasteiger partial charge in [0, 0.05) is 5.02 Å². The summed E-state index contributed by atoms with van der Waals surface area (Å²) in [6, 6.07) is 9.44. The van der Waals surface area contributed by atoms with Crippen molar-refractivity contribution >= 4 is 36.0 Å². The SMILES string of the molecule is Clc1ccccc1.[O]=[InH]. The van der Waals surface area contributed by atoms with Crippen LogP contribution in [0.15, 0.2) is 30.3 Å². The van der Waals surface area contributed by atoms with Crippen molar-refractivity contribution in [2.75, 3.05) is 0 Å². The molecule has 0 spiro atoms. The summed E-state index contributed by atoms with van der Waals surface area (Å²) in [6.45, 7) is 0. The van der Waals surface area contributed by atoms with Crippen molar-refractivity contribution in [1.29, 1.82) is 0 Å². The Morgan fingerprint density at radius 2 is 1.56 bits per heavy atom. The molecule has 0 aliphatic heterocycles. The standard InChI is InChI=1S/C6H5Cl.In.O.H/c7-6-4-2-1-3-5-6;;;/h1-5H;;;. The molecule has 0 amide bonds. The van der Waals surface area contributed by atoms with Crippen LogP contribution in [-0.2, 0) is 2.85 Å². The molecular weight excluding hydrogens is 238 g/mol. The van der Waals surface area contributed by atoms with E-state index in [1.54, 1.807) is 0 Å². The first-order valence-corrected chi connectivity index (χ1v) is 4.41. The van der Waals surface area contributed by atoms with Crippen molar-refractivity contribution in [3.8, 4) is 0 Å². The Kier molecular flexibility index (Phi) is 6.43. The van der Waals surface area contributed by atoms with E-state index >= 15 is 0 Å². The van der Waals surface area contributed by atoms with Crippen LogP contribution >= 0.6 is 11.6 Å². The molecule has 0 fully saturated rings. The molecule has 0 aromatic heterocycles. The van der Waals surface area contributed by atoms with Crippen LogP contribution in [0.3, 0.4) is 0 Å². The second-order valence-corrected chi connectivity index (χ2v) is 1.73. The molecule has 1 aromatic carbocycles. The maximum absolute atomic E-state index is 8.42. The Bertz CT molecular complexity index is 154. The molecule has 0 saturated heterocycles. The molecule has 0 atom stereocenters. The van der Waals surface area contributed by atoms with Crippen molar-refractivity contribution in [3.63, 3.8) is 0 Å². The zero-order valence-electron chi connectivity index (χ0n) is 4.88. The number of benzene rings is 1. The first kappa shape index (κ1) is 9.18. The fourth-order valence-corrected chi connectivity index (χ4v) is 0.560. The summed E-state index contributed by atoms with van der Waals surface area (Å²) in [5, 5.41) is 0.794. The quantitative estimate of drug-likeness (QED) is 0.677. The summed E-state index contributed by atoms with van der Waals surface area (Å²) in [7, 11) is 0. The first-order chi connectivity index (χ1) is 4.39. The summed E-state index contributed by atoms with van der Waals surface area (Å²) in [4.78, 5) is 0. The molecule has 0 N–H and O–H groups in total. The van der Waals surface area contributed by atoms with Crippen LogP contribution < -0.4 is 0 Å². The molecule has 1 nitrogen and oxygen atoms in total. The molecule has 0 saturated carbocycles. The summed E-state index contributed by atoms with van der Waals surface area (Å²) in [6.07, 6.45) is 0. The zero-order chi connectivity index (χ0) is 7.11. The summed E-state index contributed by atoms with van der Waals surface area (Å²) in [5.74, 6) is 0. The van der Waals surface area contributed by atoms with E-state index in [4.69, 9.17) is 14.5 Å². The fraction of sp³-hybridized carbons (Fsp3) is 0. The second kappa shape index (κ2) is 6.30. The van der Waals surface area contributed by atoms with Gasteiger partial charge in [-0.3, -0.25) is 0 Å². The molecular formula is C6H6ClInO. The van der Waals surface area contributed by atoms with E-state index < -0.39 is 0 Å². The van der Waals surface area contributed by atoms with Crippen LogP contribution in [0.4, 0.5) is 0 Å². The molecule has 0 radical (unpaired) electrons. The molecule has 9 heavy (non-hydrogen) atoms. The summed E-state index contributed by atoms with van der Waals surface area (Å²) < 4.78 is 8.42. The van der Waals surface area contributed by atoms with Crippen LogP contribution in [0.1, 0.15) is 0 Å². The predicted octanol–water partition coefficient (Wildman–Crippen LogP) is 1.57. The Morgan fingerprint density at radius 3 is 1.78 bits per heavy atom. The van der Waals surface area contributed by atoms with E-state index in [2.05, 4.69) is 0 Å². The van der Waals surface area contributed by atoms with E-state index in [1.165, 1.54) is 0 Å². The van der Waals surface area contributed by atoms with Crippen molar-refractivity contribution in [2.45, 2.75) is 0 Å². The van der Waals surface area contributed by atoms with Crippen molar-refractivity contribution in [2.24, 2.45) is 0 Å². The molecule has 0 aliphatic carbocycles. The molecule has 46 valence electrons. The third-order valence-corrected chi connectivity index (χ3v) is 0.985. The number of hydrogen-bond acceptors (Lipinski definition) is 1. The van der Waals surface area contributed by atoms with Crippen molar-refractivity contribution in [1.82, 2.24) is 0 Å². The number of rotatable bonds is 0. The van der Waals surface area contributed by atoms with E-state index in [9.17, 15) is 0 Å². The van der Waals surface area contributed by atoms with E-state index in [1.807, 2.05) is 30.3 Å². The average molecular weight is 244 g/mol. The fourth-order valence-electron chi connectivity index (χ4n) is 0.415. The third kappa shape index (κ3) is 4.67. The van der Waals surface area contributed by atoms with Crippen LogP contribution in [-0.4, -0.2) is 24.4 Å². The van der Waals surface area contributed by atoms with E-state index in [0.29, 0.717) is 0 Å². The van der Waals surface area contributed by atoms with Gasteiger partial charge in [-0.05, 0) is 12.1 Å². The average Bonchev–Trinajstić information content (AvgIpc) is 1.94. The summed E-state index contributed by atoms with van der Waals surface area (Å²) >= 11 is 5.44. The normalized spacial score (nSPS) is 7.11. The molecule has 1 aromatic rings. The van der Waals surface area contributed by atoms with Gasteiger partial charge in [-0.1, -0.05) is 29.8 Å². The van der Waals surface area contributed by atoms with Gasteiger partial charge in [0.2, 0.25) is 0 Å².